The SMILES string of the molecule is O=P(O)(O)Oc1ccc(-c2ccc(OP(=O)(O)O)cn2)nc1. The second-order valence-corrected chi connectivity index (χ2v) is 6.25. The van der Waals surface area contributed by atoms with Gasteiger partial charge in [-0.3, -0.25) is 29.5 Å². The van der Waals surface area contributed by atoms with Gasteiger partial charge in [-0.25, -0.2) is 9.13 Å². The van der Waals surface area contributed by atoms with E-state index in [0.29, 0.717) is 11.4 Å². The highest BCUT2D eigenvalue weighted by Crippen LogP contribution is 2.38. The number of phosphoric ester groups is 2. The molecule has 0 bridgehead atoms. The Morgan fingerprint density at radius 2 is 1.09 bits per heavy atom. The molecule has 0 atom stereocenters. The quantitative estimate of drug-likeness (QED) is 0.576. The molecule has 0 amide bonds. The van der Waals surface area contributed by atoms with Gasteiger partial charge in [-0.1, -0.05) is 0 Å². The maximum Gasteiger partial charge on any atom is 0.524 e. The van der Waals surface area contributed by atoms with Crippen molar-refractivity contribution in [1.29, 1.82) is 0 Å². The number of pyridine rings is 2. The van der Waals surface area contributed by atoms with Crippen molar-refractivity contribution < 1.29 is 37.8 Å². The van der Waals surface area contributed by atoms with Gasteiger partial charge in [0.05, 0.1) is 23.8 Å². The highest BCUT2D eigenvalue weighted by Gasteiger charge is 2.17. The Kier molecular flexibility index (Phi) is 4.62. The van der Waals surface area contributed by atoms with Crippen molar-refractivity contribution in [2.75, 3.05) is 0 Å². The number of hydrogen-bond donors (Lipinski definition) is 4. The van der Waals surface area contributed by atoms with E-state index in [9.17, 15) is 9.13 Å². The van der Waals surface area contributed by atoms with E-state index in [0.717, 1.165) is 12.4 Å². The number of rotatable bonds is 5. The largest absolute Gasteiger partial charge is 0.524 e. The molecule has 4 N–H and O–H groups in total. The van der Waals surface area contributed by atoms with Crippen LogP contribution in [-0.4, -0.2) is 29.5 Å². The summed E-state index contributed by atoms with van der Waals surface area (Å²) in [4.78, 5) is 42.4. The molecule has 0 saturated heterocycles. The Bertz CT molecular complexity index is 671. The lowest BCUT2D eigenvalue weighted by Crippen LogP contribution is -1.94. The third kappa shape index (κ3) is 5.19. The number of nitrogens with zero attached hydrogens (tertiary/aromatic N) is 2. The van der Waals surface area contributed by atoms with Gasteiger partial charge in [0, 0.05) is 0 Å². The van der Waals surface area contributed by atoms with Crippen LogP contribution in [0, 0.1) is 0 Å². The molecule has 2 heterocycles. The van der Waals surface area contributed by atoms with E-state index >= 15 is 0 Å². The van der Waals surface area contributed by atoms with Crippen molar-refractivity contribution in [3.8, 4) is 22.9 Å². The van der Waals surface area contributed by atoms with Gasteiger partial charge in [-0.15, -0.1) is 0 Å². The second kappa shape index (κ2) is 6.13. The van der Waals surface area contributed by atoms with E-state index in [1.807, 2.05) is 0 Å². The highest BCUT2D eigenvalue weighted by atomic mass is 31.2. The van der Waals surface area contributed by atoms with Crippen LogP contribution in [-0.2, 0) is 9.13 Å². The van der Waals surface area contributed by atoms with Crippen LogP contribution in [0.3, 0.4) is 0 Å². The third-order valence-electron chi connectivity index (χ3n) is 2.18. The summed E-state index contributed by atoms with van der Waals surface area (Å²) >= 11 is 0. The van der Waals surface area contributed by atoms with Crippen LogP contribution in [0.5, 0.6) is 11.5 Å². The molecule has 0 saturated carbocycles. The molecule has 0 aliphatic carbocycles. The van der Waals surface area contributed by atoms with Gasteiger partial charge in [0.15, 0.2) is 0 Å². The average molecular weight is 348 g/mol. The van der Waals surface area contributed by atoms with Gasteiger partial charge in [-0.05, 0) is 24.3 Å². The number of aromatic nitrogens is 2. The summed E-state index contributed by atoms with van der Waals surface area (Å²) in [5.74, 6) is -0.225. The van der Waals surface area contributed by atoms with Crippen LogP contribution in [0.15, 0.2) is 36.7 Å². The molecule has 2 rings (SSSR count). The van der Waals surface area contributed by atoms with Crippen LogP contribution in [0.25, 0.3) is 11.4 Å². The first-order valence-corrected chi connectivity index (χ1v) is 8.61. The first-order valence-electron chi connectivity index (χ1n) is 5.55. The lowest BCUT2D eigenvalue weighted by molar-refractivity contribution is 0.280. The van der Waals surface area contributed by atoms with Gasteiger partial charge in [0.1, 0.15) is 11.5 Å². The summed E-state index contributed by atoms with van der Waals surface area (Å²) in [6, 6.07) is 5.42. The molecule has 0 aliphatic rings. The first-order chi connectivity index (χ1) is 10.1. The first kappa shape index (κ1) is 16.6. The minimum absolute atomic E-state index is 0.112. The van der Waals surface area contributed by atoms with Gasteiger partial charge < -0.3 is 9.05 Å². The summed E-state index contributed by atoms with van der Waals surface area (Å²) in [6.07, 6.45) is 2.21. The molecular formula is C10H10N2O8P2. The van der Waals surface area contributed by atoms with E-state index in [1.54, 1.807) is 0 Å². The molecular weight excluding hydrogens is 338 g/mol. The standard InChI is InChI=1S/C10H10N2O8P2/c13-21(14,15)19-7-1-3-9(11-5-7)10-4-2-8(6-12-10)20-22(16,17)18/h1-6H,(H2,13,14,15)(H2,16,17,18). The molecule has 0 aliphatic heterocycles. The zero-order valence-electron chi connectivity index (χ0n) is 10.7. The molecule has 12 heteroatoms. The van der Waals surface area contributed by atoms with E-state index < -0.39 is 15.6 Å². The lowest BCUT2D eigenvalue weighted by Gasteiger charge is -2.08. The van der Waals surface area contributed by atoms with Crippen LogP contribution < -0.4 is 9.05 Å². The molecule has 0 spiro atoms. The Balaban J connectivity index is 2.15. The molecule has 118 valence electrons. The zero-order chi connectivity index (χ0) is 16.4. The highest BCUT2D eigenvalue weighted by molar-refractivity contribution is 7.47. The van der Waals surface area contributed by atoms with Crippen molar-refractivity contribution in [3.63, 3.8) is 0 Å². The molecule has 0 unspecified atom stereocenters. The third-order valence-corrected chi connectivity index (χ3v) is 3.08. The number of phosphoric acid groups is 2. The van der Waals surface area contributed by atoms with E-state index in [-0.39, 0.29) is 11.5 Å². The number of hydrogen-bond acceptors (Lipinski definition) is 6. The predicted octanol–water partition coefficient (Wildman–Crippen LogP) is 1.09. The van der Waals surface area contributed by atoms with Gasteiger partial charge >= 0.3 is 15.6 Å². The van der Waals surface area contributed by atoms with Gasteiger partial charge in [0.25, 0.3) is 0 Å². The maximum atomic E-state index is 10.7. The van der Waals surface area contributed by atoms with Crippen LogP contribution >= 0.6 is 15.6 Å². The Labute approximate surface area is 123 Å². The minimum atomic E-state index is -4.65. The fraction of sp³-hybridized carbons (Fsp3) is 0. The molecule has 22 heavy (non-hydrogen) atoms. The van der Waals surface area contributed by atoms with Gasteiger partial charge in [-0.2, -0.15) is 0 Å². The Morgan fingerprint density at radius 3 is 1.32 bits per heavy atom. The summed E-state index contributed by atoms with van der Waals surface area (Å²) < 4.78 is 30.0. The van der Waals surface area contributed by atoms with Crippen molar-refractivity contribution in [3.05, 3.63) is 36.7 Å². The summed E-state index contributed by atoms with van der Waals surface area (Å²) in [7, 11) is -9.29. The summed E-state index contributed by atoms with van der Waals surface area (Å²) in [5.41, 5.74) is 0.724. The summed E-state index contributed by atoms with van der Waals surface area (Å²) in [6.45, 7) is 0. The minimum Gasteiger partial charge on any atom is -0.403 e. The predicted molar refractivity (Wildman–Crippen MR) is 72.8 cm³/mol. The normalized spacial score (nSPS) is 12.0. The van der Waals surface area contributed by atoms with Crippen molar-refractivity contribution >= 4 is 15.6 Å². The monoisotopic (exact) mass is 348 g/mol. The Morgan fingerprint density at radius 1 is 0.727 bits per heavy atom. The molecule has 0 aromatic carbocycles. The lowest BCUT2D eigenvalue weighted by atomic mass is 10.2. The zero-order valence-corrected chi connectivity index (χ0v) is 12.5. The van der Waals surface area contributed by atoms with E-state index in [2.05, 4.69) is 19.0 Å². The molecule has 0 fully saturated rings. The summed E-state index contributed by atoms with van der Waals surface area (Å²) in [5, 5.41) is 0. The fourth-order valence-corrected chi connectivity index (χ4v) is 2.21. The molecule has 0 radical (unpaired) electrons. The molecule has 2 aromatic heterocycles. The van der Waals surface area contributed by atoms with E-state index in [4.69, 9.17) is 19.6 Å². The van der Waals surface area contributed by atoms with Crippen LogP contribution in [0.2, 0.25) is 0 Å². The fourth-order valence-electron chi connectivity index (χ4n) is 1.45. The van der Waals surface area contributed by atoms with Crippen molar-refractivity contribution in [2.24, 2.45) is 0 Å². The molecule has 2 aromatic rings. The maximum absolute atomic E-state index is 10.7. The van der Waals surface area contributed by atoms with Crippen LogP contribution in [0.4, 0.5) is 0 Å². The molecule has 10 nitrogen and oxygen atoms in total. The topological polar surface area (TPSA) is 159 Å². The average Bonchev–Trinajstić information content (AvgIpc) is 2.37. The van der Waals surface area contributed by atoms with E-state index in [1.165, 1.54) is 24.3 Å². The van der Waals surface area contributed by atoms with Crippen molar-refractivity contribution in [1.82, 2.24) is 9.97 Å². The second-order valence-electron chi connectivity index (χ2n) is 3.92. The smallest absolute Gasteiger partial charge is 0.403 e. The van der Waals surface area contributed by atoms with Crippen molar-refractivity contribution in [2.45, 2.75) is 0 Å². The van der Waals surface area contributed by atoms with Crippen LogP contribution in [0.1, 0.15) is 0 Å². The van der Waals surface area contributed by atoms with Gasteiger partial charge in [0.2, 0.25) is 0 Å². The Hall–Kier alpha value is -1.80.